The number of anilines is 1. The highest BCUT2D eigenvalue weighted by Gasteiger charge is 2.21. The number of hydrogen-bond acceptors (Lipinski definition) is 4. The fraction of sp³-hybridized carbons (Fsp3) is 0.294. The zero-order valence-corrected chi connectivity index (χ0v) is 12.6. The summed E-state index contributed by atoms with van der Waals surface area (Å²) in [5, 5.41) is 17.3. The third kappa shape index (κ3) is 4.18. The van der Waals surface area contributed by atoms with Crippen molar-refractivity contribution in [3.63, 3.8) is 0 Å². The summed E-state index contributed by atoms with van der Waals surface area (Å²) in [7, 11) is 0. The topological polar surface area (TPSA) is 88.2 Å². The summed E-state index contributed by atoms with van der Waals surface area (Å²) in [5.41, 5.74) is 1.66. The predicted molar refractivity (Wildman–Crippen MR) is 84.9 cm³/mol. The molecule has 0 spiro atoms. The van der Waals surface area contributed by atoms with Crippen LogP contribution in [-0.4, -0.2) is 36.3 Å². The Kier molecular flexibility index (Phi) is 5.49. The second-order valence-corrected chi connectivity index (χ2v) is 5.08. The average Bonchev–Trinajstić information content (AvgIpc) is 2.99. The molecule has 2 amide bonds. The van der Waals surface area contributed by atoms with Crippen LogP contribution in [0.2, 0.25) is 0 Å². The molecule has 0 unspecified atom stereocenters. The van der Waals surface area contributed by atoms with E-state index in [1.54, 1.807) is 11.0 Å². The van der Waals surface area contributed by atoms with Gasteiger partial charge in [0.1, 0.15) is 13.1 Å². The van der Waals surface area contributed by atoms with Crippen LogP contribution in [0.1, 0.15) is 18.4 Å². The minimum absolute atomic E-state index is 0.118. The number of carbonyl (C=O) groups excluding carboxylic acids is 2. The lowest BCUT2D eigenvalue weighted by molar-refractivity contribution is -0.124. The summed E-state index contributed by atoms with van der Waals surface area (Å²) in [6.45, 7) is 0.503. The van der Waals surface area contributed by atoms with Crippen molar-refractivity contribution in [1.82, 2.24) is 4.90 Å². The molecule has 0 N–H and O–H groups in total. The van der Waals surface area contributed by atoms with Gasteiger partial charge in [-0.05, 0) is 30.2 Å². The number of nitrogens with zero attached hydrogens (tertiary/aromatic N) is 4. The minimum atomic E-state index is -0.383. The molecule has 2 rings (SSSR count). The Labute approximate surface area is 134 Å². The predicted octanol–water partition coefficient (Wildman–Crippen LogP) is 1.70. The second-order valence-electron chi connectivity index (χ2n) is 5.08. The maximum atomic E-state index is 11.9. The zero-order valence-electron chi connectivity index (χ0n) is 12.6. The standard InChI is InChI=1S/C17H16N4O2/c18-9-12-20(13-10-19)16(22)8-5-14-3-6-15(7-4-14)21-11-1-2-17(21)23/h3-8H,1-2,11-13H2/b8-5+. The Bertz CT molecular complexity index is 679. The molecule has 23 heavy (non-hydrogen) atoms. The molecule has 1 saturated heterocycles. The van der Waals surface area contributed by atoms with Crippen molar-refractivity contribution in [2.45, 2.75) is 12.8 Å². The third-order valence-electron chi connectivity index (χ3n) is 3.53. The molecule has 0 atom stereocenters. The first-order chi connectivity index (χ1) is 11.2. The van der Waals surface area contributed by atoms with Crippen molar-refractivity contribution < 1.29 is 9.59 Å². The van der Waals surface area contributed by atoms with Gasteiger partial charge in [-0.15, -0.1) is 0 Å². The normalized spacial score (nSPS) is 13.8. The van der Waals surface area contributed by atoms with Crippen LogP contribution in [0.15, 0.2) is 30.3 Å². The first kappa shape index (κ1) is 16.3. The van der Waals surface area contributed by atoms with Crippen LogP contribution in [0.5, 0.6) is 0 Å². The fourth-order valence-electron chi connectivity index (χ4n) is 2.34. The quantitative estimate of drug-likeness (QED) is 0.612. The smallest absolute Gasteiger partial charge is 0.248 e. The molecule has 1 aliphatic rings. The van der Waals surface area contributed by atoms with Crippen molar-refractivity contribution in [2.24, 2.45) is 0 Å². The van der Waals surface area contributed by atoms with Gasteiger partial charge in [0.2, 0.25) is 11.8 Å². The summed E-state index contributed by atoms with van der Waals surface area (Å²) in [6, 6.07) is 11.0. The molecule has 0 saturated carbocycles. The van der Waals surface area contributed by atoms with Crippen molar-refractivity contribution in [1.29, 1.82) is 10.5 Å². The van der Waals surface area contributed by atoms with E-state index in [1.807, 2.05) is 36.4 Å². The highest BCUT2D eigenvalue weighted by molar-refractivity contribution is 5.95. The minimum Gasteiger partial charge on any atom is -0.313 e. The van der Waals surface area contributed by atoms with E-state index in [4.69, 9.17) is 10.5 Å². The summed E-state index contributed by atoms with van der Waals surface area (Å²) < 4.78 is 0. The molecule has 0 aromatic heterocycles. The van der Waals surface area contributed by atoms with Gasteiger partial charge >= 0.3 is 0 Å². The fourth-order valence-corrected chi connectivity index (χ4v) is 2.34. The maximum absolute atomic E-state index is 11.9. The maximum Gasteiger partial charge on any atom is 0.248 e. The summed E-state index contributed by atoms with van der Waals surface area (Å²) in [6.07, 6.45) is 4.43. The second kappa shape index (κ2) is 7.77. The van der Waals surface area contributed by atoms with E-state index < -0.39 is 0 Å². The van der Waals surface area contributed by atoms with Crippen molar-refractivity contribution in [3.05, 3.63) is 35.9 Å². The molecule has 1 aromatic rings. The molecule has 6 heteroatoms. The molecule has 1 heterocycles. The van der Waals surface area contributed by atoms with Gasteiger partial charge in [-0.2, -0.15) is 10.5 Å². The van der Waals surface area contributed by atoms with Gasteiger partial charge in [-0.25, -0.2) is 0 Å². The Balaban J connectivity index is 2.02. The van der Waals surface area contributed by atoms with Gasteiger partial charge in [0.05, 0.1) is 12.1 Å². The lowest BCUT2D eigenvalue weighted by atomic mass is 10.2. The van der Waals surface area contributed by atoms with Gasteiger partial charge in [0, 0.05) is 24.7 Å². The Morgan fingerprint density at radius 3 is 2.39 bits per heavy atom. The van der Waals surface area contributed by atoms with Crippen LogP contribution in [0.3, 0.4) is 0 Å². The largest absolute Gasteiger partial charge is 0.313 e. The van der Waals surface area contributed by atoms with Crippen LogP contribution >= 0.6 is 0 Å². The Morgan fingerprint density at radius 1 is 1.22 bits per heavy atom. The number of hydrogen-bond donors (Lipinski definition) is 0. The third-order valence-corrected chi connectivity index (χ3v) is 3.53. The van der Waals surface area contributed by atoms with Crippen LogP contribution in [0, 0.1) is 22.7 Å². The highest BCUT2D eigenvalue weighted by Crippen LogP contribution is 2.21. The van der Waals surface area contributed by atoms with E-state index in [-0.39, 0.29) is 24.9 Å². The van der Waals surface area contributed by atoms with Crippen LogP contribution in [0.25, 0.3) is 6.08 Å². The first-order valence-electron chi connectivity index (χ1n) is 7.27. The molecule has 1 aliphatic heterocycles. The Hall–Kier alpha value is -3.12. The highest BCUT2D eigenvalue weighted by atomic mass is 16.2. The van der Waals surface area contributed by atoms with Gasteiger partial charge in [-0.1, -0.05) is 12.1 Å². The number of amides is 2. The number of rotatable bonds is 5. The van der Waals surface area contributed by atoms with Crippen molar-refractivity contribution in [3.8, 4) is 12.1 Å². The van der Waals surface area contributed by atoms with E-state index in [9.17, 15) is 9.59 Å². The first-order valence-corrected chi connectivity index (χ1v) is 7.27. The number of benzene rings is 1. The van der Waals surface area contributed by atoms with Gasteiger partial charge < -0.3 is 9.80 Å². The van der Waals surface area contributed by atoms with E-state index in [2.05, 4.69) is 0 Å². The van der Waals surface area contributed by atoms with Crippen LogP contribution in [0.4, 0.5) is 5.69 Å². The molecular weight excluding hydrogens is 292 g/mol. The van der Waals surface area contributed by atoms with E-state index in [0.717, 1.165) is 29.1 Å². The van der Waals surface area contributed by atoms with Gasteiger partial charge in [0.25, 0.3) is 0 Å². The van der Waals surface area contributed by atoms with Gasteiger partial charge in [0.15, 0.2) is 0 Å². The summed E-state index contributed by atoms with van der Waals surface area (Å²) in [5.74, 6) is -0.251. The average molecular weight is 308 g/mol. The zero-order chi connectivity index (χ0) is 16.7. The SMILES string of the molecule is N#CCN(CC#N)C(=O)/C=C/c1ccc(N2CCCC2=O)cc1. The molecule has 1 fully saturated rings. The summed E-state index contributed by atoms with van der Waals surface area (Å²) in [4.78, 5) is 26.5. The molecule has 6 nitrogen and oxygen atoms in total. The van der Waals surface area contributed by atoms with Crippen LogP contribution in [-0.2, 0) is 9.59 Å². The number of nitriles is 2. The monoisotopic (exact) mass is 308 g/mol. The van der Waals surface area contributed by atoms with Crippen LogP contribution < -0.4 is 4.90 Å². The van der Waals surface area contributed by atoms with E-state index in [0.29, 0.717) is 6.42 Å². The molecule has 116 valence electrons. The van der Waals surface area contributed by atoms with Gasteiger partial charge in [-0.3, -0.25) is 9.59 Å². The van der Waals surface area contributed by atoms with E-state index in [1.165, 1.54) is 6.08 Å². The molecule has 0 aliphatic carbocycles. The lowest BCUT2D eigenvalue weighted by Gasteiger charge is -2.15. The number of carbonyl (C=O) groups is 2. The molecule has 0 bridgehead atoms. The molecule has 0 radical (unpaired) electrons. The van der Waals surface area contributed by atoms with Crippen molar-refractivity contribution >= 4 is 23.6 Å². The van der Waals surface area contributed by atoms with Crippen molar-refractivity contribution in [2.75, 3.05) is 24.5 Å². The molecule has 1 aromatic carbocycles. The molecular formula is C17H16N4O2. The summed E-state index contributed by atoms with van der Waals surface area (Å²) >= 11 is 0. The lowest BCUT2D eigenvalue weighted by Crippen LogP contribution is -2.30. The van der Waals surface area contributed by atoms with E-state index >= 15 is 0 Å². The Morgan fingerprint density at radius 2 is 1.87 bits per heavy atom.